The molecule has 1 saturated heterocycles. The van der Waals surface area contributed by atoms with E-state index in [0.717, 1.165) is 21.9 Å². The van der Waals surface area contributed by atoms with Crippen LogP contribution in [-0.4, -0.2) is 74.7 Å². The van der Waals surface area contributed by atoms with Gasteiger partial charge in [0.15, 0.2) is 5.82 Å². The van der Waals surface area contributed by atoms with Gasteiger partial charge >= 0.3 is 12.2 Å². The minimum atomic E-state index is -4.91. The highest BCUT2D eigenvalue weighted by Gasteiger charge is 2.36. The lowest BCUT2D eigenvalue weighted by atomic mass is 10.0. The van der Waals surface area contributed by atoms with Crippen LogP contribution in [0.25, 0.3) is 10.9 Å². The van der Waals surface area contributed by atoms with Gasteiger partial charge in [-0.25, -0.2) is 19.2 Å². The number of amides is 3. The molecule has 0 saturated carbocycles. The highest BCUT2D eigenvalue weighted by molar-refractivity contribution is 14.1. The number of urea groups is 1. The van der Waals surface area contributed by atoms with Crippen molar-refractivity contribution in [2.75, 3.05) is 41.3 Å². The highest BCUT2D eigenvalue weighted by Crippen LogP contribution is 2.34. The number of piperazine rings is 1. The second-order valence-corrected chi connectivity index (χ2v) is 10.9. The van der Waals surface area contributed by atoms with Crippen molar-refractivity contribution in [3.63, 3.8) is 0 Å². The molecule has 9 nitrogen and oxygen atoms in total. The smallest absolute Gasteiger partial charge is 0.357 e. The molecule has 3 amide bonds. The molecule has 3 heterocycles. The molecule has 2 aliphatic rings. The number of hydrogen-bond acceptors (Lipinski definition) is 6. The van der Waals surface area contributed by atoms with Crippen LogP contribution in [0.15, 0.2) is 47.5 Å². The van der Waals surface area contributed by atoms with E-state index in [1.54, 1.807) is 0 Å². The van der Waals surface area contributed by atoms with Gasteiger partial charge in [0, 0.05) is 35.6 Å². The van der Waals surface area contributed by atoms with E-state index in [2.05, 4.69) is 32.9 Å². The van der Waals surface area contributed by atoms with Crippen molar-refractivity contribution >= 4 is 62.8 Å². The molecule has 2 aromatic carbocycles. The quantitative estimate of drug-likeness (QED) is 0.239. The number of amidine groups is 1. The van der Waals surface area contributed by atoms with Crippen LogP contribution in [0.1, 0.15) is 18.3 Å². The number of rotatable bonds is 3. The van der Waals surface area contributed by atoms with Crippen LogP contribution in [0.2, 0.25) is 0 Å². The molecule has 0 radical (unpaired) electrons. The second kappa shape index (κ2) is 11.4. The van der Waals surface area contributed by atoms with Gasteiger partial charge in [-0.15, -0.1) is 0 Å². The number of fused-ring (bicyclic) bond motifs is 5. The average molecular weight is 683 g/mol. The number of aromatic nitrogens is 2. The van der Waals surface area contributed by atoms with Gasteiger partial charge in [-0.2, -0.15) is 18.2 Å². The number of nitrogens with zero attached hydrogens (tertiary/aromatic N) is 6. The topological polar surface area (TPSA) is 94.0 Å². The minimum absolute atomic E-state index is 0.0615. The van der Waals surface area contributed by atoms with E-state index in [4.69, 9.17) is 9.97 Å². The maximum atomic E-state index is 13.8. The van der Waals surface area contributed by atoms with E-state index in [0.29, 0.717) is 34.0 Å². The molecule has 0 aliphatic carbocycles. The molecule has 5 rings (SSSR count). The zero-order valence-corrected chi connectivity index (χ0v) is 24.3. The number of alkyl halides is 4. The fourth-order valence-corrected chi connectivity index (χ4v) is 5.29. The Labute approximate surface area is 246 Å². The molecule has 1 N–H and O–H groups in total. The third kappa shape index (κ3) is 5.92. The zero-order chi connectivity index (χ0) is 29.5. The molecule has 3 aromatic rings. The van der Waals surface area contributed by atoms with E-state index in [1.165, 1.54) is 11.9 Å². The molecular weight excluding hydrogens is 657 g/mol. The summed E-state index contributed by atoms with van der Waals surface area (Å²) in [5.74, 6) is -0.564. The predicted octanol–water partition coefficient (Wildman–Crippen LogP) is 4.95. The molecule has 2 atom stereocenters. The molecule has 216 valence electrons. The Morgan fingerprint density at radius 2 is 1.93 bits per heavy atom. The lowest BCUT2D eigenvalue weighted by Crippen LogP contribution is -2.55. The largest absolute Gasteiger partial charge is 0.419 e. The summed E-state index contributed by atoms with van der Waals surface area (Å²) in [6.07, 6.45) is -4.91. The molecule has 2 bridgehead atoms. The van der Waals surface area contributed by atoms with Crippen molar-refractivity contribution in [2.24, 2.45) is 10.9 Å². The Balaban J connectivity index is 1.46. The Bertz CT molecular complexity index is 1530. The number of nitrogens with one attached hydrogen (secondary N) is 1. The van der Waals surface area contributed by atoms with Crippen molar-refractivity contribution in [2.45, 2.75) is 25.7 Å². The number of hydrogen-bond donors (Lipinski definition) is 1. The first-order valence-electron chi connectivity index (χ1n) is 12.8. The normalized spacial score (nSPS) is 18.4. The van der Waals surface area contributed by atoms with Gasteiger partial charge in [0.1, 0.15) is 23.5 Å². The highest BCUT2D eigenvalue weighted by atomic mass is 127. The number of benzene rings is 2. The lowest BCUT2D eigenvalue weighted by molar-refractivity contribution is -0.140. The summed E-state index contributed by atoms with van der Waals surface area (Å²) in [6.45, 7) is 2.60. The summed E-state index contributed by atoms with van der Waals surface area (Å²) in [4.78, 5) is 45.0. The van der Waals surface area contributed by atoms with Crippen LogP contribution in [0.5, 0.6) is 0 Å². The summed E-state index contributed by atoms with van der Waals surface area (Å²) in [6, 6.07) is 8.59. The summed E-state index contributed by atoms with van der Waals surface area (Å²) in [5.41, 5.74) is -0.854. The molecule has 14 heteroatoms. The zero-order valence-electron chi connectivity index (χ0n) is 22.1. The van der Waals surface area contributed by atoms with E-state index < -0.39 is 35.5 Å². The standard InChI is InChI=1S/C27H26F4IN7O2/c1-15(12-32)23-25(40)35-22-14-39(26(41)37(2)16-7-8-19(28)18(11-16)27(29,30)31)10-9-38(22)13-21-33-20-6-4-3-5-17(20)24(34-21)36-23/h3-8,11,15,23H,9-10,12-14H2,1-2H3,(H,33,34,36)/t15?,23-/m0/s1. The monoisotopic (exact) mass is 683 g/mol. The Kier molecular flexibility index (Phi) is 8.03. The van der Waals surface area contributed by atoms with Crippen LogP contribution >= 0.6 is 22.6 Å². The van der Waals surface area contributed by atoms with Crippen LogP contribution in [-0.2, 0) is 17.5 Å². The molecule has 1 aromatic heterocycles. The lowest BCUT2D eigenvalue weighted by Gasteiger charge is -2.38. The Hall–Kier alpha value is -3.56. The van der Waals surface area contributed by atoms with E-state index >= 15 is 0 Å². The first-order chi connectivity index (χ1) is 19.5. The van der Waals surface area contributed by atoms with Gasteiger partial charge in [-0.05, 0) is 36.2 Å². The van der Waals surface area contributed by atoms with Crippen LogP contribution in [0, 0.1) is 11.7 Å². The van der Waals surface area contributed by atoms with Crippen molar-refractivity contribution in [1.82, 2.24) is 19.8 Å². The van der Waals surface area contributed by atoms with Gasteiger partial charge in [0.2, 0.25) is 0 Å². The molecule has 0 spiro atoms. The minimum Gasteiger partial charge on any atom is -0.357 e. The number of anilines is 2. The van der Waals surface area contributed by atoms with Crippen molar-refractivity contribution in [3.8, 4) is 0 Å². The number of halogens is 5. The van der Waals surface area contributed by atoms with Gasteiger partial charge < -0.3 is 15.1 Å². The molecule has 2 aliphatic heterocycles. The summed E-state index contributed by atoms with van der Waals surface area (Å²) in [7, 11) is 1.31. The Morgan fingerprint density at radius 3 is 2.66 bits per heavy atom. The van der Waals surface area contributed by atoms with E-state index in [1.807, 2.05) is 36.1 Å². The maximum absolute atomic E-state index is 13.8. The molecule has 41 heavy (non-hydrogen) atoms. The van der Waals surface area contributed by atoms with Crippen molar-refractivity contribution in [3.05, 3.63) is 59.7 Å². The first-order valence-corrected chi connectivity index (χ1v) is 14.3. The van der Waals surface area contributed by atoms with E-state index in [9.17, 15) is 27.2 Å². The third-order valence-corrected chi connectivity index (χ3v) is 8.52. The number of aliphatic imine (C=N–C) groups is 1. The van der Waals surface area contributed by atoms with Gasteiger partial charge in [0.05, 0.1) is 24.2 Å². The van der Waals surface area contributed by atoms with Crippen LogP contribution in [0.4, 0.5) is 33.9 Å². The first kappa shape index (κ1) is 29.0. The molecule has 1 unspecified atom stereocenters. The van der Waals surface area contributed by atoms with Crippen molar-refractivity contribution < 1.29 is 27.2 Å². The number of carbonyl (C=O) groups excluding carboxylic acids is 2. The van der Waals surface area contributed by atoms with Gasteiger partial charge in [-0.1, -0.05) is 41.6 Å². The van der Waals surface area contributed by atoms with Gasteiger partial charge in [0.25, 0.3) is 5.91 Å². The summed E-state index contributed by atoms with van der Waals surface area (Å²) < 4.78 is 54.3. The second-order valence-electron chi connectivity index (χ2n) is 9.97. The predicted molar refractivity (Wildman–Crippen MR) is 155 cm³/mol. The Morgan fingerprint density at radius 1 is 1.17 bits per heavy atom. The third-order valence-electron chi connectivity index (χ3n) is 7.13. The van der Waals surface area contributed by atoms with Crippen LogP contribution in [0.3, 0.4) is 0 Å². The van der Waals surface area contributed by atoms with Crippen molar-refractivity contribution in [1.29, 1.82) is 0 Å². The maximum Gasteiger partial charge on any atom is 0.419 e. The molecule has 1 fully saturated rings. The summed E-state index contributed by atoms with van der Waals surface area (Å²) in [5, 5.41) is 4.07. The number of carbonyl (C=O) groups is 2. The van der Waals surface area contributed by atoms with E-state index in [-0.39, 0.29) is 37.8 Å². The SMILES string of the molecule is CC(CI)[C@@H]1Nc2nc(nc3ccccc23)CN2CCN(C(=O)N(C)c3ccc(F)c(C(F)(F)F)c3)CC2=NC1=O. The van der Waals surface area contributed by atoms with Crippen LogP contribution < -0.4 is 10.2 Å². The molecular formula is C27H26F4IN7O2. The summed E-state index contributed by atoms with van der Waals surface area (Å²) >= 11 is 2.21. The average Bonchev–Trinajstić information content (AvgIpc) is 2.94. The fourth-order valence-electron chi connectivity index (χ4n) is 4.78. The number of para-hydroxylation sites is 1. The van der Waals surface area contributed by atoms with Gasteiger partial charge in [-0.3, -0.25) is 9.69 Å². The fraction of sp³-hybridized carbons (Fsp3) is 0.370.